The molecule has 5 heteroatoms. The van der Waals surface area contributed by atoms with E-state index in [4.69, 9.17) is 15.9 Å². The number of benzene rings is 1. The molecule has 4 N–H and O–H groups in total. The Kier molecular flexibility index (Phi) is 2.92. The van der Waals surface area contributed by atoms with E-state index < -0.39 is 24.0 Å². The number of halogens is 2. The van der Waals surface area contributed by atoms with Gasteiger partial charge in [0.25, 0.3) is 0 Å². The van der Waals surface area contributed by atoms with Gasteiger partial charge in [-0.2, -0.15) is 0 Å². The molecule has 0 bridgehead atoms. The van der Waals surface area contributed by atoms with Crippen LogP contribution < -0.4 is 5.73 Å². The van der Waals surface area contributed by atoms with Crippen LogP contribution in [0.1, 0.15) is 11.6 Å². The van der Waals surface area contributed by atoms with E-state index in [1.165, 1.54) is 0 Å². The summed E-state index contributed by atoms with van der Waals surface area (Å²) in [5.41, 5.74) is 5.10. The molecule has 0 radical (unpaired) electrons. The Hall–Kier alpha value is -1.04. The number of nitrogens with two attached hydrogens (primary N) is 1. The van der Waals surface area contributed by atoms with E-state index in [-0.39, 0.29) is 5.56 Å². The van der Waals surface area contributed by atoms with E-state index in [0.717, 1.165) is 12.1 Å². The van der Waals surface area contributed by atoms with Crippen molar-refractivity contribution in [3.8, 4) is 0 Å². The first kappa shape index (κ1) is 10.0. The van der Waals surface area contributed by atoms with Gasteiger partial charge in [0, 0.05) is 11.6 Å². The van der Waals surface area contributed by atoms with Crippen LogP contribution in [-0.2, 0) is 0 Å². The highest BCUT2D eigenvalue weighted by molar-refractivity contribution is 5.22. The fraction of sp³-hybridized carbons (Fsp3) is 0.250. The average Bonchev–Trinajstić information content (AvgIpc) is 2.03. The van der Waals surface area contributed by atoms with Gasteiger partial charge in [0.1, 0.15) is 11.6 Å². The third kappa shape index (κ3) is 2.21. The minimum Gasteiger partial charge on any atom is -0.366 e. The van der Waals surface area contributed by atoms with Crippen LogP contribution in [0.5, 0.6) is 0 Å². The van der Waals surface area contributed by atoms with Crippen molar-refractivity contribution < 1.29 is 19.0 Å². The molecule has 13 heavy (non-hydrogen) atoms. The summed E-state index contributed by atoms with van der Waals surface area (Å²) in [6.45, 7) is 0. The Bertz CT molecular complexity index is 304. The Morgan fingerprint density at radius 1 is 1.23 bits per heavy atom. The van der Waals surface area contributed by atoms with E-state index in [1.54, 1.807) is 0 Å². The van der Waals surface area contributed by atoms with Crippen molar-refractivity contribution >= 4 is 0 Å². The van der Waals surface area contributed by atoms with Crippen LogP contribution in [0.25, 0.3) is 0 Å². The molecule has 1 aromatic carbocycles. The summed E-state index contributed by atoms with van der Waals surface area (Å²) < 4.78 is 25.3. The highest BCUT2D eigenvalue weighted by atomic mass is 19.1. The van der Waals surface area contributed by atoms with Crippen molar-refractivity contribution in [3.05, 3.63) is 35.4 Å². The molecule has 0 aromatic heterocycles. The maximum Gasteiger partial charge on any atom is 0.171 e. The van der Waals surface area contributed by atoms with Gasteiger partial charge in [-0.05, 0) is 6.07 Å². The third-order valence-corrected chi connectivity index (χ3v) is 1.64. The van der Waals surface area contributed by atoms with Crippen molar-refractivity contribution in [1.82, 2.24) is 0 Å². The van der Waals surface area contributed by atoms with E-state index >= 15 is 0 Å². The number of hydrogen-bond donors (Lipinski definition) is 3. The predicted molar refractivity (Wildman–Crippen MR) is 41.5 cm³/mol. The first-order valence-electron chi connectivity index (χ1n) is 3.59. The fourth-order valence-corrected chi connectivity index (χ4v) is 0.932. The summed E-state index contributed by atoms with van der Waals surface area (Å²) in [5, 5.41) is 17.3. The van der Waals surface area contributed by atoms with Crippen molar-refractivity contribution in [3.63, 3.8) is 0 Å². The molecule has 1 unspecified atom stereocenters. The maximum absolute atomic E-state index is 12.9. The quantitative estimate of drug-likeness (QED) is 0.585. The fourth-order valence-electron chi connectivity index (χ4n) is 0.932. The summed E-state index contributed by atoms with van der Waals surface area (Å²) in [6.07, 6.45) is -1.86. The highest BCUT2D eigenvalue weighted by Crippen LogP contribution is 2.17. The molecule has 0 aliphatic carbocycles. The van der Waals surface area contributed by atoms with Crippen LogP contribution in [0.3, 0.4) is 0 Å². The van der Waals surface area contributed by atoms with Gasteiger partial charge in [-0.15, -0.1) is 0 Å². The van der Waals surface area contributed by atoms with Gasteiger partial charge in [0.05, 0.1) is 6.04 Å². The van der Waals surface area contributed by atoms with Crippen molar-refractivity contribution in [1.29, 1.82) is 0 Å². The van der Waals surface area contributed by atoms with Gasteiger partial charge in [-0.25, -0.2) is 8.78 Å². The number of hydrogen-bond acceptors (Lipinski definition) is 3. The van der Waals surface area contributed by atoms with Gasteiger partial charge in [-0.3, -0.25) is 0 Å². The zero-order valence-electron chi connectivity index (χ0n) is 6.61. The summed E-state index contributed by atoms with van der Waals surface area (Å²) >= 11 is 0. The predicted octanol–water partition coefficient (Wildman–Crippen LogP) is 0.275. The lowest BCUT2D eigenvalue weighted by atomic mass is 10.1. The second kappa shape index (κ2) is 3.78. The van der Waals surface area contributed by atoms with Crippen LogP contribution in [0, 0.1) is 11.6 Å². The van der Waals surface area contributed by atoms with Crippen molar-refractivity contribution in [2.75, 3.05) is 0 Å². The first-order valence-corrected chi connectivity index (χ1v) is 3.59. The summed E-state index contributed by atoms with van der Waals surface area (Å²) in [7, 11) is 0. The van der Waals surface area contributed by atoms with E-state index in [1.807, 2.05) is 0 Å². The van der Waals surface area contributed by atoms with E-state index in [0.29, 0.717) is 6.07 Å². The normalized spacial score (nSPS) is 13.4. The Morgan fingerprint density at radius 3 is 2.31 bits per heavy atom. The van der Waals surface area contributed by atoms with E-state index in [2.05, 4.69) is 0 Å². The first-order chi connectivity index (χ1) is 6.02. The molecule has 1 rings (SSSR count). The molecule has 0 saturated carbocycles. The van der Waals surface area contributed by atoms with Gasteiger partial charge in [0.15, 0.2) is 6.29 Å². The zero-order valence-corrected chi connectivity index (χ0v) is 6.61. The summed E-state index contributed by atoms with van der Waals surface area (Å²) in [4.78, 5) is 0. The Labute approximate surface area is 73.4 Å². The minimum atomic E-state index is -1.86. The molecule has 3 nitrogen and oxygen atoms in total. The largest absolute Gasteiger partial charge is 0.366 e. The topological polar surface area (TPSA) is 66.5 Å². The summed E-state index contributed by atoms with van der Waals surface area (Å²) in [6, 6.07) is 1.45. The maximum atomic E-state index is 12.9. The van der Waals surface area contributed by atoms with Gasteiger partial charge in [0.2, 0.25) is 0 Å². The smallest absolute Gasteiger partial charge is 0.171 e. The second-order valence-electron chi connectivity index (χ2n) is 2.61. The van der Waals surface area contributed by atoms with Crippen LogP contribution >= 0.6 is 0 Å². The van der Waals surface area contributed by atoms with Crippen molar-refractivity contribution in [2.45, 2.75) is 12.3 Å². The number of rotatable bonds is 2. The molecule has 0 aliphatic rings. The minimum absolute atomic E-state index is 0.128. The third-order valence-electron chi connectivity index (χ3n) is 1.64. The monoisotopic (exact) mass is 189 g/mol. The zero-order chi connectivity index (χ0) is 10.0. The average molecular weight is 189 g/mol. The van der Waals surface area contributed by atoms with E-state index in [9.17, 15) is 8.78 Å². The molecule has 0 saturated heterocycles. The lowest BCUT2D eigenvalue weighted by Crippen LogP contribution is -2.26. The lowest BCUT2D eigenvalue weighted by Gasteiger charge is -2.14. The molecule has 0 fully saturated rings. The van der Waals surface area contributed by atoms with Crippen LogP contribution in [-0.4, -0.2) is 16.5 Å². The van der Waals surface area contributed by atoms with Crippen LogP contribution in [0.15, 0.2) is 18.2 Å². The molecule has 0 amide bonds. The molecule has 0 heterocycles. The molecule has 1 aromatic rings. The highest BCUT2D eigenvalue weighted by Gasteiger charge is 2.17. The molecule has 72 valence electrons. The Balaban J connectivity index is 3.01. The molecular weight excluding hydrogens is 180 g/mol. The SMILES string of the molecule is NC(c1ccc(F)cc1F)C(O)O. The number of aliphatic hydroxyl groups excluding tert-OH is 1. The molecule has 1 atom stereocenters. The van der Waals surface area contributed by atoms with Crippen molar-refractivity contribution in [2.24, 2.45) is 5.73 Å². The summed E-state index contributed by atoms with van der Waals surface area (Å²) in [5.74, 6) is -1.62. The standard InChI is InChI=1S/C8H9F2NO2/c9-4-1-2-5(6(10)3-4)7(11)8(12)13/h1-3,7-8,12-13H,11H2. The van der Waals surface area contributed by atoms with Gasteiger partial charge < -0.3 is 15.9 Å². The van der Waals surface area contributed by atoms with Crippen LogP contribution in [0.2, 0.25) is 0 Å². The van der Waals surface area contributed by atoms with Gasteiger partial charge in [-0.1, -0.05) is 6.07 Å². The second-order valence-corrected chi connectivity index (χ2v) is 2.61. The number of aliphatic hydroxyl groups is 2. The molecule has 0 spiro atoms. The lowest BCUT2D eigenvalue weighted by molar-refractivity contribution is -0.0596. The van der Waals surface area contributed by atoms with Crippen LogP contribution in [0.4, 0.5) is 8.78 Å². The molecular formula is C8H9F2NO2. The van der Waals surface area contributed by atoms with Gasteiger partial charge >= 0.3 is 0 Å². The Morgan fingerprint density at radius 2 is 1.85 bits per heavy atom. The molecule has 0 aliphatic heterocycles.